The summed E-state index contributed by atoms with van der Waals surface area (Å²) in [6.07, 6.45) is 4.01. The summed E-state index contributed by atoms with van der Waals surface area (Å²) in [5, 5.41) is 7.00. The third-order valence-electron chi connectivity index (χ3n) is 5.02. The maximum absolute atomic E-state index is 12.9. The first-order valence-corrected chi connectivity index (χ1v) is 8.21. The third kappa shape index (κ3) is 2.37. The Morgan fingerprint density at radius 3 is 3.00 bits per heavy atom. The summed E-state index contributed by atoms with van der Waals surface area (Å²) in [6.45, 7) is 6.97. The predicted molar refractivity (Wildman–Crippen MR) is 85.2 cm³/mol. The second-order valence-corrected chi connectivity index (χ2v) is 6.56. The van der Waals surface area contributed by atoms with Gasteiger partial charge in [0, 0.05) is 30.1 Å². The topological polar surface area (TPSA) is 63.2 Å². The monoisotopic (exact) mass is 314 g/mol. The molecule has 1 unspecified atom stereocenters. The minimum Gasteiger partial charge on any atom is -0.379 e. The average Bonchev–Trinajstić information content (AvgIpc) is 3.21. The van der Waals surface area contributed by atoms with Gasteiger partial charge in [-0.3, -0.25) is 9.89 Å². The second-order valence-electron chi connectivity index (χ2n) is 6.56. The van der Waals surface area contributed by atoms with E-state index in [9.17, 15) is 4.79 Å². The number of aromatic nitrogens is 3. The summed E-state index contributed by atoms with van der Waals surface area (Å²) in [6, 6.07) is 2.37. The molecule has 2 aliphatic rings. The fourth-order valence-electron chi connectivity index (χ4n) is 3.86. The molecule has 1 atom stereocenters. The van der Waals surface area contributed by atoms with E-state index in [4.69, 9.17) is 4.74 Å². The number of aryl methyl sites for hydroxylation is 1. The molecule has 6 nitrogen and oxygen atoms in total. The number of nitrogens with one attached hydrogen (secondary N) is 1. The van der Waals surface area contributed by atoms with E-state index in [1.807, 2.05) is 24.1 Å². The maximum Gasteiger partial charge on any atom is 0.256 e. The molecule has 0 aliphatic carbocycles. The van der Waals surface area contributed by atoms with Crippen LogP contribution in [0.5, 0.6) is 0 Å². The first-order chi connectivity index (χ1) is 11.1. The van der Waals surface area contributed by atoms with Crippen molar-refractivity contribution in [2.45, 2.75) is 45.8 Å². The van der Waals surface area contributed by atoms with Crippen molar-refractivity contribution in [3.05, 3.63) is 40.5 Å². The smallest absolute Gasteiger partial charge is 0.256 e. The number of ether oxygens (including phenoxy) is 1. The Balaban J connectivity index is 1.59. The van der Waals surface area contributed by atoms with Crippen LogP contribution in [0, 0.1) is 13.8 Å². The van der Waals surface area contributed by atoms with Crippen molar-refractivity contribution in [1.29, 1.82) is 0 Å². The molecule has 1 N–H and O–H groups in total. The van der Waals surface area contributed by atoms with E-state index in [0.717, 1.165) is 54.3 Å². The van der Waals surface area contributed by atoms with Crippen LogP contribution >= 0.6 is 0 Å². The lowest BCUT2D eigenvalue weighted by atomic mass is 10.1. The molecule has 2 aromatic rings. The zero-order valence-electron chi connectivity index (χ0n) is 13.6. The summed E-state index contributed by atoms with van der Waals surface area (Å²) in [4.78, 5) is 14.8. The molecule has 2 aromatic heterocycles. The number of fused-ring (bicyclic) bond motifs is 1. The molecule has 0 aromatic carbocycles. The van der Waals surface area contributed by atoms with E-state index >= 15 is 0 Å². The van der Waals surface area contributed by atoms with Gasteiger partial charge in [-0.15, -0.1) is 0 Å². The van der Waals surface area contributed by atoms with Crippen LogP contribution in [-0.2, 0) is 17.8 Å². The van der Waals surface area contributed by atoms with Gasteiger partial charge in [-0.2, -0.15) is 5.10 Å². The maximum atomic E-state index is 12.9. The lowest BCUT2D eigenvalue weighted by Gasteiger charge is -2.26. The summed E-state index contributed by atoms with van der Waals surface area (Å²) in [7, 11) is 0. The number of hydrogen-bond acceptors (Lipinski definition) is 3. The summed E-state index contributed by atoms with van der Waals surface area (Å²) in [5.41, 5.74) is 5.17. The standard InChI is InChI=1S/C17H22N4O2/c1-11-6-15(12(2)21(11)14-4-3-5-23-10-14)17(22)20-8-13-7-18-19-16(13)9-20/h6-7,14H,3-5,8-10H2,1-2H3,(H,18,19). The molecule has 23 heavy (non-hydrogen) atoms. The van der Waals surface area contributed by atoms with Gasteiger partial charge in [-0.05, 0) is 32.8 Å². The van der Waals surface area contributed by atoms with Crippen molar-refractivity contribution < 1.29 is 9.53 Å². The third-order valence-corrected chi connectivity index (χ3v) is 5.02. The Bertz CT molecular complexity index is 719. The van der Waals surface area contributed by atoms with E-state index < -0.39 is 0 Å². The number of rotatable bonds is 2. The van der Waals surface area contributed by atoms with E-state index in [2.05, 4.69) is 21.7 Å². The molecule has 2 aliphatic heterocycles. The number of nitrogens with zero attached hydrogens (tertiary/aromatic N) is 3. The molecule has 1 amide bonds. The van der Waals surface area contributed by atoms with Crippen LogP contribution in [0.3, 0.4) is 0 Å². The number of H-pyrrole nitrogens is 1. The summed E-state index contributed by atoms with van der Waals surface area (Å²) >= 11 is 0. The van der Waals surface area contributed by atoms with Crippen molar-refractivity contribution in [3.8, 4) is 0 Å². The fourth-order valence-corrected chi connectivity index (χ4v) is 3.86. The lowest BCUT2D eigenvalue weighted by molar-refractivity contribution is 0.0578. The minimum atomic E-state index is 0.102. The molecule has 0 bridgehead atoms. The van der Waals surface area contributed by atoms with Crippen molar-refractivity contribution >= 4 is 5.91 Å². The van der Waals surface area contributed by atoms with Crippen LogP contribution < -0.4 is 0 Å². The van der Waals surface area contributed by atoms with Crippen molar-refractivity contribution in [3.63, 3.8) is 0 Å². The highest BCUT2D eigenvalue weighted by Gasteiger charge is 2.29. The Morgan fingerprint density at radius 1 is 1.39 bits per heavy atom. The van der Waals surface area contributed by atoms with Crippen molar-refractivity contribution in [1.82, 2.24) is 19.7 Å². The summed E-state index contributed by atoms with van der Waals surface area (Å²) in [5.74, 6) is 0.102. The fraction of sp³-hybridized carbons (Fsp3) is 0.529. The molecule has 1 fully saturated rings. The van der Waals surface area contributed by atoms with Crippen LogP contribution in [0.15, 0.2) is 12.3 Å². The van der Waals surface area contributed by atoms with Crippen LogP contribution in [-0.4, -0.2) is 38.8 Å². The average molecular weight is 314 g/mol. The molecule has 122 valence electrons. The van der Waals surface area contributed by atoms with Gasteiger partial charge in [-0.25, -0.2) is 0 Å². The van der Waals surface area contributed by atoms with E-state index in [0.29, 0.717) is 19.1 Å². The zero-order chi connectivity index (χ0) is 16.0. The first kappa shape index (κ1) is 14.5. The Morgan fingerprint density at radius 2 is 2.26 bits per heavy atom. The van der Waals surface area contributed by atoms with Gasteiger partial charge < -0.3 is 14.2 Å². The first-order valence-electron chi connectivity index (χ1n) is 8.21. The normalized spacial score (nSPS) is 20.8. The molecule has 6 heteroatoms. The van der Waals surface area contributed by atoms with Gasteiger partial charge in [0.25, 0.3) is 5.91 Å². The van der Waals surface area contributed by atoms with Gasteiger partial charge in [0.1, 0.15) is 0 Å². The molecule has 0 spiro atoms. The number of hydrogen-bond donors (Lipinski definition) is 1. The van der Waals surface area contributed by atoms with Gasteiger partial charge in [0.2, 0.25) is 0 Å². The van der Waals surface area contributed by atoms with Gasteiger partial charge in [0.05, 0.1) is 36.6 Å². The van der Waals surface area contributed by atoms with Gasteiger partial charge in [0.15, 0.2) is 0 Å². The van der Waals surface area contributed by atoms with Crippen molar-refractivity contribution in [2.24, 2.45) is 0 Å². The van der Waals surface area contributed by atoms with E-state index in [1.54, 1.807) is 0 Å². The van der Waals surface area contributed by atoms with E-state index in [1.165, 1.54) is 0 Å². The molecule has 4 heterocycles. The number of carbonyl (C=O) groups is 1. The lowest BCUT2D eigenvalue weighted by Crippen LogP contribution is -2.27. The molecular formula is C17H22N4O2. The van der Waals surface area contributed by atoms with Crippen LogP contribution in [0.25, 0.3) is 0 Å². The Labute approximate surface area is 135 Å². The van der Waals surface area contributed by atoms with Gasteiger partial charge in [-0.1, -0.05) is 0 Å². The van der Waals surface area contributed by atoms with Crippen LogP contribution in [0.2, 0.25) is 0 Å². The highest BCUT2D eigenvalue weighted by molar-refractivity contribution is 5.96. The van der Waals surface area contributed by atoms with Gasteiger partial charge >= 0.3 is 0 Å². The number of amides is 1. The molecule has 0 saturated carbocycles. The molecule has 1 saturated heterocycles. The highest BCUT2D eigenvalue weighted by Crippen LogP contribution is 2.29. The van der Waals surface area contributed by atoms with Crippen LogP contribution in [0.1, 0.15) is 51.9 Å². The summed E-state index contributed by atoms with van der Waals surface area (Å²) < 4.78 is 7.90. The Hall–Kier alpha value is -2.08. The molecular weight excluding hydrogens is 292 g/mol. The number of aromatic amines is 1. The minimum absolute atomic E-state index is 0.102. The molecule has 0 radical (unpaired) electrons. The highest BCUT2D eigenvalue weighted by atomic mass is 16.5. The predicted octanol–water partition coefficient (Wildman–Crippen LogP) is 2.34. The van der Waals surface area contributed by atoms with Crippen LogP contribution in [0.4, 0.5) is 0 Å². The molecule has 4 rings (SSSR count). The Kier molecular flexibility index (Phi) is 3.49. The van der Waals surface area contributed by atoms with E-state index in [-0.39, 0.29) is 5.91 Å². The zero-order valence-corrected chi connectivity index (χ0v) is 13.6. The second kappa shape index (κ2) is 5.53. The quantitative estimate of drug-likeness (QED) is 0.925. The van der Waals surface area contributed by atoms with Crippen molar-refractivity contribution in [2.75, 3.05) is 13.2 Å². The largest absolute Gasteiger partial charge is 0.379 e. The SMILES string of the molecule is Cc1cc(C(=O)N2Cc3cn[nH]c3C2)c(C)n1C1CCCOC1. The number of carbonyl (C=O) groups excluding carboxylic acids is 1.